The van der Waals surface area contributed by atoms with Crippen molar-refractivity contribution in [3.8, 4) is 44.0 Å². The number of nitrogens with zero attached hydrogens (tertiary/aromatic N) is 2. The Morgan fingerprint density at radius 2 is 1.22 bits per heavy atom. The first-order valence-corrected chi connectivity index (χ1v) is 12.4. The van der Waals surface area contributed by atoms with E-state index in [-0.39, 0.29) is 0 Å². The van der Waals surface area contributed by atoms with Crippen molar-refractivity contribution in [2.75, 3.05) is 5.73 Å². The van der Waals surface area contributed by atoms with Gasteiger partial charge in [0.25, 0.3) is 0 Å². The molecule has 0 aliphatic rings. The number of para-hydroxylation sites is 1. The van der Waals surface area contributed by atoms with Gasteiger partial charge in [0.05, 0.1) is 16.8 Å². The maximum Gasteiger partial charge on any atom is 0.187 e. The number of aromatic nitrogens is 1. The standard InChI is InChI=1S/C32H21N3S/c1-34-26-17-15-22(16-18-26)21-11-13-23(14-12-21)25-19-28(24-7-3-2-4-8-24)31-30(20-25)36-32(35-31)27-9-5-6-10-29(27)33/h2-20H,33H2. The minimum absolute atomic E-state index is 0.651. The third-order valence-corrected chi connectivity index (χ3v) is 7.35. The number of thiazole rings is 1. The van der Waals surface area contributed by atoms with Crippen LogP contribution in [0.4, 0.5) is 11.4 Å². The summed E-state index contributed by atoms with van der Waals surface area (Å²) in [5, 5.41) is 0.927. The van der Waals surface area contributed by atoms with Crippen molar-refractivity contribution < 1.29 is 0 Å². The fourth-order valence-electron chi connectivity index (χ4n) is 4.42. The topological polar surface area (TPSA) is 43.3 Å². The van der Waals surface area contributed by atoms with Gasteiger partial charge in [-0.05, 0) is 52.1 Å². The van der Waals surface area contributed by atoms with E-state index in [1.54, 1.807) is 11.3 Å². The number of benzene rings is 5. The monoisotopic (exact) mass is 479 g/mol. The summed E-state index contributed by atoms with van der Waals surface area (Å²) in [6, 6.07) is 39.1. The second-order valence-corrected chi connectivity index (χ2v) is 9.61. The Hall–Kier alpha value is -4.72. The number of nitrogen functional groups attached to an aromatic ring is 1. The molecule has 0 atom stereocenters. The highest BCUT2D eigenvalue weighted by molar-refractivity contribution is 7.21. The van der Waals surface area contributed by atoms with Gasteiger partial charge in [0, 0.05) is 16.8 Å². The number of hydrogen-bond acceptors (Lipinski definition) is 3. The quantitative estimate of drug-likeness (QED) is 0.202. The highest BCUT2D eigenvalue weighted by atomic mass is 32.1. The Kier molecular flexibility index (Phi) is 5.53. The first-order chi connectivity index (χ1) is 17.7. The van der Waals surface area contributed by atoms with Gasteiger partial charge in [-0.1, -0.05) is 91.0 Å². The summed E-state index contributed by atoms with van der Waals surface area (Å²) in [7, 11) is 0. The summed E-state index contributed by atoms with van der Waals surface area (Å²) < 4.78 is 1.13. The Balaban J connectivity index is 1.47. The second-order valence-electron chi connectivity index (χ2n) is 8.58. The molecule has 5 aromatic carbocycles. The van der Waals surface area contributed by atoms with Gasteiger partial charge in [0.2, 0.25) is 0 Å². The molecule has 0 aliphatic carbocycles. The molecule has 3 nitrogen and oxygen atoms in total. The lowest BCUT2D eigenvalue weighted by Gasteiger charge is -2.09. The third kappa shape index (κ3) is 4.02. The van der Waals surface area contributed by atoms with Crippen LogP contribution < -0.4 is 5.73 Å². The van der Waals surface area contributed by atoms with Gasteiger partial charge in [-0.3, -0.25) is 0 Å². The van der Waals surface area contributed by atoms with E-state index < -0.39 is 0 Å². The maximum atomic E-state index is 7.16. The third-order valence-electron chi connectivity index (χ3n) is 6.32. The van der Waals surface area contributed by atoms with Crippen LogP contribution >= 0.6 is 11.3 Å². The van der Waals surface area contributed by atoms with Crippen molar-refractivity contribution in [3.63, 3.8) is 0 Å². The van der Waals surface area contributed by atoms with Crippen molar-refractivity contribution in [3.05, 3.63) is 127 Å². The molecule has 0 fully saturated rings. The van der Waals surface area contributed by atoms with Gasteiger partial charge in [0.15, 0.2) is 5.69 Å². The van der Waals surface area contributed by atoms with Crippen LogP contribution in [0, 0.1) is 6.57 Å². The minimum atomic E-state index is 0.651. The largest absolute Gasteiger partial charge is 0.398 e. The lowest BCUT2D eigenvalue weighted by atomic mass is 9.96. The summed E-state index contributed by atoms with van der Waals surface area (Å²) in [6.45, 7) is 7.16. The average Bonchev–Trinajstić information content (AvgIpc) is 3.37. The zero-order valence-electron chi connectivity index (χ0n) is 19.3. The molecule has 0 aliphatic heterocycles. The zero-order valence-corrected chi connectivity index (χ0v) is 20.2. The molecule has 4 heteroatoms. The highest BCUT2D eigenvalue weighted by Gasteiger charge is 2.15. The van der Waals surface area contributed by atoms with Crippen molar-refractivity contribution in [1.82, 2.24) is 4.98 Å². The van der Waals surface area contributed by atoms with Crippen molar-refractivity contribution >= 4 is 32.9 Å². The lowest BCUT2D eigenvalue weighted by Crippen LogP contribution is -1.88. The van der Waals surface area contributed by atoms with Crippen LogP contribution in [-0.4, -0.2) is 4.98 Å². The number of rotatable bonds is 4. The molecule has 6 aromatic rings. The van der Waals surface area contributed by atoms with E-state index in [9.17, 15) is 0 Å². The summed E-state index contributed by atoms with van der Waals surface area (Å²) >= 11 is 1.67. The van der Waals surface area contributed by atoms with Gasteiger partial charge < -0.3 is 5.73 Å². The molecule has 36 heavy (non-hydrogen) atoms. The first-order valence-electron chi connectivity index (χ1n) is 11.6. The number of nitrogens with two attached hydrogens (primary N) is 1. The normalized spacial score (nSPS) is 10.9. The van der Waals surface area contributed by atoms with E-state index in [0.29, 0.717) is 5.69 Å². The molecule has 0 unspecified atom stereocenters. The molecular formula is C32H21N3S. The van der Waals surface area contributed by atoms with Gasteiger partial charge in [-0.15, -0.1) is 11.3 Å². The average molecular weight is 480 g/mol. The zero-order chi connectivity index (χ0) is 24.5. The number of fused-ring (bicyclic) bond motifs is 1. The van der Waals surface area contributed by atoms with Crippen molar-refractivity contribution in [1.29, 1.82) is 0 Å². The van der Waals surface area contributed by atoms with E-state index in [4.69, 9.17) is 17.3 Å². The summed E-state index contributed by atoms with van der Waals surface area (Å²) in [5.41, 5.74) is 16.4. The molecule has 1 heterocycles. The van der Waals surface area contributed by atoms with Crippen LogP contribution in [0.25, 0.3) is 59.0 Å². The van der Waals surface area contributed by atoms with Crippen molar-refractivity contribution in [2.45, 2.75) is 0 Å². The fraction of sp³-hybridized carbons (Fsp3) is 0. The summed E-state index contributed by atoms with van der Waals surface area (Å²) in [5.74, 6) is 0. The predicted molar refractivity (Wildman–Crippen MR) is 152 cm³/mol. The van der Waals surface area contributed by atoms with E-state index in [2.05, 4.69) is 65.5 Å². The van der Waals surface area contributed by atoms with Gasteiger partial charge in [-0.25, -0.2) is 9.83 Å². The van der Waals surface area contributed by atoms with E-state index in [1.165, 1.54) is 0 Å². The predicted octanol–water partition coefficient (Wildman–Crippen LogP) is 9.10. The molecule has 0 saturated heterocycles. The molecule has 6 rings (SSSR count). The van der Waals surface area contributed by atoms with E-state index in [0.717, 1.165) is 59.9 Å². The van der Waals surface area contributed by atoms with Crippen LogP contribution in [0.15, 0.2) is 115 Å². The van der Waals surface area contributed by atoms with Gasteiger partial charge >= 0.3 is 0 Å². The van der Waals surface area contributed by atoms with Crippen LogP contribution in [-0.2, 0) is 0 Å². The molecule has 170 valence electrons. The van der Waals surface area contributed by atoms with Crippen LogP contribution in [0.5, 0.6) is 0 Å². The number of hydrogen-bond donors (Lipinski definition) is 1. The molecule has 0 spiro atoms. The molecular weight excluding hydrogens is 458 g/mol. The van der Waals surface area contributed by atoms with Crippen LogP contribution in [0.1, 0.15) is 0 Å². The van der Waals surface area contributed by atoms with Crippen LogP contribution in [0.3, 0.4) is 0 Å². The second kappa shape index (κ2) is 9.14. The lowest BCUT2D eigenvalue weighted by molar-refractivity contribution is 1.47. The molecule has 0 radical (unpaired) electrons. The molecule has 2 N–H and O–H groups in total. The Morgan fingerprint density at radius 3 is 1.89 bits per heavy atom. The summed E-state index contributed by atoms with van der Waals surface area (Å²) in [6.07, 6.45) is 0. The number of anilines is 1. The van der Waals surface area contributed by atoms with Crippen molar-refractivity contribution in [2.24, 2.45) is 0 Å². The van der Waals surface area contributed by atoms with Gasteiger partial charge in [0.1, 0.15) is 5.01 Å². The molecule has 0 amide bonds. The summed E-state index contributed by atoms with van der Waals surface area (Å²) in [4.78, 5) is 8.52. The molecule has 0 bridgehead atoms. The van der Waals surface area contributed by atoms with E-state index in [1.807, 2.05) is 54.6 Å². The Bertz CT molecular complexity index is 1730. The molecule has 0 saturated carbocycles. The van der Waals surface area contributed by atoms with Crippen LogP contribution in [0.2, 0.25) is 0 Å². The smallest absolute Gasteiger partial charge is 0.187 e. The Labute approximate surface area is 214 Å². The first kappa shape index (κ1) is 21.8. The van der Waals surface area contributed by atoms with E-state index >= 15 is 0 Å². The highest BCUT2D eigenvalue weighted by Crippen LogP contribution is 2.40. The Morgan fingerprint density at radius 1 is 0.611 bits per heavy atom. The fourth-order valence-corrected chi connectivity index (χ4v) is 5.50. The maximum absolute atomic E-state index is 7.16. The minimum Gasteiger partial charge on any atom is -0.398 e. The molecule has 1 aromatic heterocycles. The van der Waals surface area contributed by atoms with Gasteiger partial charge in [-0.2, -0.15) is 0 Å². The SMILES string of the molecule is [C-]#[N+]c1ccc(-c2ccc(-c3cc(-c4ccccc4)c4nc(-c5ccccc5N)sc4c3)cc2)cc1.